The Balaban J connectivity index is 1.26. The maximum Gasteiger partial charge on any atom is 0.209 e. The molecule has 2 heteroatoms. The first-order valence-electron chi connectivity index (χ1n) is 26.4. The van der Waals surface area contributed by atoms with Gasteiger partial charge in [-0.05, 0) is 52.2 Å². The van der Waals surface area contributed by atoms with E-state index in [1.165, 1.54) is 239 Å². The van der Waals surface area contributed by atoms with E-state index in [0.717, 1.165) is 13.1 Å². The third-order valence-electron chi connectivity index (χ3n) is 14.3. The van der Waals surface area contributed by atoms with Crippen LogP contribution in [0.15, 0.2) is 66.0 Å². The Kier molecular flexibility index (Phi) is 24.1. The van der Waals surface area contributed by atoms with Gasteiger partial charge in [0.1, 0.15) is 6.54 Å². The molecule has 336 valence electrons. The first-order valence-corrected chi connectivity index (χ1v) is 26.4. The molecule has 2 aromatic rings. The number of para-hydroxylation sites is 2. The third kappa shape index (κ3) is 16.3. The molecule has 0 N–H and O–H groups in total. The van der Waals surface area contributed by atoms with E-state index in [2.05, 4.69) is 111 Å². The van der Waals surface area contributed by atoms with Gasteiger partial charge in [-0.1, -0.05) is 242 Å². The predicted molar refractivity (Wildman–Crippen MR) is 267 cm³/mol. The first kappa shape index (κ1) is 50.1. The number of benzene rings is 2. The number of hydrogen-bond donors (Lipinski definition) is 0. The molecule has 0 atom stereocenters. The second-order valence-electron chi connectivity index (χ2n) is 20.2. The molecule has 0 saturated carbocycles. The number of anilines is 1. The van der Waals surface area contributed by atoms with Crippen molar-refractivity contribution in [3.05, 3.63) is 77.2 Å². The molecule has 60 heavy (non-hydrogen) atoms. The number of unbranched alkanes of at least 4 members (excludes halogenated alkanes) is 30. The van der Waals surface area contributed by atoms with Crippen molar-refractivity contribution in [2.75, 3.05) is 18.0 Å². The van der Waals surface area contributed by atoms with Gasteiger partial charge in [0.25, 0.3) is 0 Å². The van der Waals surface area contributed by atoms with Crippen LogP contribution in [-0.4, -0.2) is 23.4 Å². The smallest absolute Gasteiger partial charge is 0.209 e. The molecule has 0 radical (unpaired) electrons. The van der Waals surface area contributed by atoms with Crippen LogP contribution in [0.5, 0.6) is 0 Å². The molecule has 0 bridgehead atoms. The topological polar surface area (TPSA) is 6.25 Å². The van der Waals surface area contributed by atoms with Gasteiger partial charge < -0.3 is 4.90 Å². The highest BCUT2D eigenvalue weighted by molar-refractivity contribution is 6.03. The highest BCUT2D eigenvalue weighted by Crippen LogP contribution is 2.47. The van der Waals surface area contributed by atoms with Crippen molar-refractivity contribution >= 4 is 17.1 Å². The van der Waals surface area contributed by atoms with Gasteiger partial charge in [0.05, 0.1) is 17.2 Å². The summed E-state index contributed by atoms with van der Waals surface area (Å²) in [6.07, 6.45) is 47.5. The molecule has 0 aromatic heterocycles. The molecule has 4 rings (SSSR count). The summed E-state index contributed by atoms with van der Waals surface area (Å²) in [5, 5.41) is 0. The van der Waals surface area contributed by atoms with Crippen molar-refractivity contribution in [3.63, 3.8) is 0 Å². The average molecular weight is 820 g/mol. The zero-order valence-electron chi connectivity index (χ0n) is 40.6. The van der Waals surface area contributed by atoms with Gasteiger partial charge in [0.15, 0.2) is 5.71 Å². The van der Waals surface area contributed by atoms with E-state index in [1.54, 1.807) is 0 Å². The van der Waals surface area contributed by atoms with Crippen LogP contribution < -0.4 is 4.90 Å². The summed E-state index contributed by atoms with van der Waals surface area (Å²) < 4.78 is 2.65. The van der Waals surface area contributed by atoms with Crippen molar-refractivity contribution in [3.8, 4) is 0 Å². The number of nitrogens with zero attached hydrogens (tertiary/aromatic N) is 2. The summed E-state index contributed by atoms with van der Waals surface area (Å²) in [6, 6.07) is 18.4. The minimum Gasteiger partial charge on any atom is -0.338 e. The summed E-state index contributed by atoms with van der Waals surface area (Å²) in [5.41, 5.74) is 12.4. The van der Waals surface area contributed by atoms with E-state index < -0.39 is 0 Å². The monoisotopic (exact) mass is 820 g/mol. The van der Waals surface area contributed by atoms with Crippen molar-refractivity contribution in [2.45, 2.75) is 258 Å². The van der Waals surface area contributed by atoms with Crippen molar-refractivity contribution in [1.29, 1.82) is 0 Å². The molecular formula is C58H95N2+. The lowest BCUT2D eigenvalue weighted by Gasteiger charge is -2.25. The van der Waals surface area contributed by atoms with E-state index in [4.69, 9.17) is 0 Å². The van der Waals surface area contributed by atoms with Crippen LogP contribution in [-0.2, 0) is 10.8 Å². The van der Waals surface area contributed by atoms with Gasteiger partial charge in [-0.15, -0.1) is 0 Å². The Morgan fingerprint density at radius 2 is 0.833 bits per heavy atom. The second-order valence-corrected chi connectivity index (χ2v) is 20.2. The van der Waals surface area contributed by atoms with Crippen LogP contribution >= 0.6 is 0 Å². The Hall–Kier alpha value is -2.57. The SMILES string of the molecule is CCCCCCCCCCCCCCCCCCN1C(=C=CC2=[N+](CCCCCCCCCCCCCCCCCC)c3ccccc3C2(C)C)C(C)(C)c2ccccc21. The molecule has 0 amide bonds. The van der Waals surface area contributed by atoms with Crippen molar-refractivity contribution in [1.82, 2.24) is 0 Å². The van der Waals surface area contributed by atoms with Crippen LogP contribution in [0.2, 0.25) is 0 Å². The largest absolute Gasteiger partial charge is 0.338 e. The molecule has 2 aromatic carbocycles. The van der Waals surface area contributed by atoms with Crippen LogP contribution in [0, 0.1) is 0 Å². The number of hydrogen-bond acceptors (Lipinski definition) is 1. The normalized spacial score (nSPS) is 15.2. The zero-order valence-corrected chi connectivity index (χ0v) is 40.6. The highest BCUT2D eigenvalue weighted by Gasteiger charge is 2.45. The number of rotatable bonds is 35. The van der Waals surface area contributed by atoms with Crippen molar-refractivity contribution < 1.29 is 4.58 Å². The van der Waals surface area contributed by atoms with Crippen LogP contribution in [0.3, 0.4) is 0 Å². The van der Waals surface area contributed by atoms with Gasteiger partial charge in [-0.3, -0.25) is 0 Å². The van der Waals surface area contributed by atoms with Gasteiger partial charge in [-0.25, -0.2) is 0 Å². The second kappa shape index (κ2) is 28.9. The van der Waals surface area contributed by atoms with E-state index in [1.807, 2.05) is 0 Å². The molecular weight excluding hydrogens is 725 g/mol. The lowest BCUT2D eigenvalue weighted by atomic mass is 9.81. The maximum atomic E-state index is 4.03. The Bertz CT molecular complexity index is 1550. The number of allylic oxidation sites excluding steroid dienone is 1. The lowest BCUT2D eigenvalue weighted by molar-refractivity contribution is -0.438. The predicted octanol–water partition coefficient (Wildman–Crippen LogP) is 18.4. The molecule has 0 unspecified atom stereocenters. The van der Waals surface area contributed by atoms with Gasteiger partial charge in [0, 0.05) is 35.7 Å². The fourth-order valence-electron chi connectivity index (χ4n) is 10.4. The molecule has 2 aliphatic rings. The molecule has 0 saturated heterocycles. The number of fused-ring (bicyclic) bond motifs is 2. The summed E-state index contributed by atoms with van der Waals surface area (Å²) in [4.78, 5) is 2.63. The summed E-state index contributed by atoms with van der Waals surface area (Å²) in [6.45, 7) is 16.5. The van der Waals surface area contributed by atoms with Gasteiger partial charge >= 0.3 is 0 Å². The first-order chi connectivity index (χ1) is 29.3. The molecule has 2 heterocycles. The van der Waals surface area contributed by atoms with Gasteiger partial charge in [-0.2, -0.15) is 4.58 Å². The molecule has 0 spiro atoms. The molecule has 0 aliphatic carbocycles. The maximum absolute atomic E-state index is 4.03. The molecule has 0 fully saturated rings. The fraction of sp³-hybridized carbons (Fsp3) is 0.724. The summed E-state index contributed by atoms with van der Waals surface area (Å²) in [5.74, 6) is 0. The summed E-state index contributed by atoms with van der Waals surface area (Å²) >= 11 is 0. The quantitative estimate of drug-likeness (QED) is 0.0381. The standard InChI is InChI=1S/C58H95N2/c1-7-9-11-13-15-17-19-21-23-25-27-29-31-33-35-41-49-59-53-45-39-37-43-51(53)57(3,4)55(59)47-48-56-58(5,6)52-44-38-40-46-54(52)60(56)50-42-36-34-32-30-28-26-24-22-20-18-16-14-12-10-8-2/h37-40,43-47H,7-36,41-42,49-50H2,1-6H3/q+1. The average Bonchev–Trinajstić information content (AvgIpc) is 3.60. The lowest BCUT2D eigenvalue weighted by Crippen LogP contribution is -2.29. The van der Waals surface area contributed by atoms with Crippen LogP contribution in [0.25, 0.3) is 0 Å². The Labute approximate surface area is 373 Å². The Morgan fingerprint density at radius 1 is 0.450 bits per heavy atom. The molecule has 2 nitrogen and oxygen atoms in total. The molecule has 2 aliphatic heterocycles. The van der Waals surface area contributed by atoms with Gasteiger partial charge in [0.2, 0.25) is 5.69 Å². The van der Waals surface area contributed by atoms with Crippen molar-refractivity contribution in [2.24, 2.45) is 0 Å². The zero-order chi connectivity index (χ0) is 42.7. The Morgan fingerprint density at radius 3 is 1.30 bits per heavy atom. The van der Waals surface area contributed by atoms with E-state index >= 15 is 0 Å². The summed E-state index contributed by atoms with van der Waals surface area (Å²) in [7, 11) is 0. The van der Waals surface area contributed by atoms with Crippen LogP contribution in [0.1, 0.15) is 258 Å². The van der Waals surface area contributed by atoms with E-state index in [0.29, 0.717) is 0 Å². The van der Waals surface area contributed by atoms with Crippen LogP contribution in [0.4, 0.5) is 11.4 Å². The third-order valence-corrected chi connectivity index (χ3v) is 14.3. The highest BCUT2D eigenvalue weighted by atomic mass is 15.2. The fourth-order valence-corrected chi connectivity index (χ4v) is 10.4. The van der Waals surface area contributed by atoms with E-state index in [-0.39, 0.29) is 10.8 Å². The van der Waals surface area contributed by atoms with E-state index in [9.17, 15) is 0 Å². The minimum absolute atomic E-state index is 0.0481. The minimum atomic E-state index is -0.0724.